The number of anilines is 1. The molecule has 1 aliphatic rings. The van der Waals surface area contributed by atoms with Gasteiger partial charge in [-0.2, -0.15) is 10.2 Å². The molecule has 1 aromatic carbocycles. The zero-order chi connectivity index (χ0) is 18.1. The van der Waals surface area contributed by atoms with Gasteiger partial charge in [-0.3, -0.25) is 9.48 Å². The van der Waals surface area contributed by atoms with Crippen LogP contribution >= 0.6 is 11.8 Å². The maximum absolute atomic E-state index is 13.0. The number of piperidine rings is 1. The number of amides is 1. The minimum Gasteiger partial charge on any atom is -0.309 e. The number of rotatable bonds is 4. The van der Waals surface area contributed by atoms with E-state index in [-0.39, 0.29) is 11.2 Å². The summed E-state index contributed by atoms with van der Waals surface area (Å²) in [7, 11) is 1.87. The van der Waals surface area contributed by atoms with Crippen molar-refractivity contribution in [2.24, 2.45) is 7.05 Å². The molecule has 0 radical (unpaired) electrons. The lowest BCUT2D eigenvalue weighted by Gasteiger charge is -2.30. The van der Waals surface area contributed by atoms with Crippen molar-refractivity contribution in [1.82, 2.24) is 19.6 Å². The molecule has 134 valence electrons. The van der Waals surface area contributed by atoms with Crippen LogP contribution in [0.4, 0.5) is 5.69 Å². The highest BCUT2D eigenvalue weighted by molar-refractivity contribution is 8.00. The molecular weight excluding hydrogens is 346 g/mol. The molecule has 0 aliphatic carbocycles. The Balaban J connectivity index is 1.58. The SMILES string of the molecule is Cc1cc(SC2CCCN(c3cnn(C)c3)C2=O)n(-c2ccccc2)n1. The van der Waals surface area contributed by atoms with Gasteiger partial charge in [-0.25, -0.2) is 4.68 Å². The summed E-state index contributed by atoms with van der Waals surface area (Å²) < 4.78 is 3.66. The van der Waals surface area contributed by atoms with Crippen LogP contribution in [0.25, 0.3) is 5.69 Å². The maximum atomic E-state index is 13.0. The van der Waals surface area contributed by atoms with E-state index in [0.29, 0.717) is 0 Å². The average molecular weight is 367 g/mol. The Hall–Kier alpha value is -2.54. The largest absolute Gasteiger partial charge is 0.309 e. The van der Waals surface area contributed by atoms with Crippen molar-refractivity contribution in [2.75, 3.05) is 11.4 Å². The van der Waals surface area contributed by atoms with Crippen LogP contribution in [0.15, 0.2) is 53.8 Å². The summed E-state index contributed by atoms with van der Waals surface area (Å²) in [4.78, 5) is 14.9. The van der Waals surface area contributed by atoms with Gasteiger partial charge in [0.05, 0.1) is 28.5 Å². The molecule has 7 heteroatoms. The van der Waals surface area contributed by atoms with Crippen LogP contribution in [-0.4, -0.2) is 37.3 Å². The molecule has 0 bridgehead atoms. The molecule has 0 N–H and O–H groups in total. The minimum atomic E-state index is -0.109. The van der Waals surface area contributed by atoms with E-state index in [0.717, 1.165) is 41.5 Å². The fourth-order valence-electron chi connectivity index (χ4n) is 3.22. The number of para-hydroxylation sites is 1. The molecule has 6 nitrogen and oxygen atoms in total. The second kappa shape index (κ2) is 6.99. The van der Waals surface area contributed by atoms with Crippen LogP contribution in [0.2, 0.25) is 0 Å². The maximum Gasteiger partial charge on any atom is 0.240 e. The zero-order valence-electron chi connectivity index (χ0n) is 14.9. The van der Waals surface area contributed by atoms with Crippen molar-refractivity contribution in [2.45, 2.75) is 30.0 Å². The monoisotopic (exact) mass is 367 g/mol. The lowest BCUT2D eigenvalue weighted by atomic mass is 10.1. The van der Waals surface area contributed by atoms with Gasteiger partial charge in [-0.05, 0) is 38.0 Å². The van der Waals surface area contributed by atoms with Gasteiger partial charge in [0.1, 0.15) is 5.03 Å². The van der Waals surface area contributed by atoms with Crippen molar-refractivity contribution >= 4 is 23.4 Å². The summed E-state index contributed by atoms with van der Waals surface area (Å²) in [6, 6.07) is 12.1. The Kier molecular flexibility index (Phi) is 4.55. The molecule has 1 unspecified atom stereocenters. The lowest BCUT2D eigenvalue weighted by Crippen LogP contribution is -2.42. The molecule has 1 amide bonds. The molecule has 1 aliphatic heterocycles. The van der Waals surface area contributed by atoms with E-state index < -0.39 is 0 Å². The lowest BCUT2D eigenvalue weighted by molar-refractivity contribution is -0.119. The highest BCUT2D eigenvalue weighted by Crippen LogP contribution is 2.33. The predicted molar refractivity (Wildman–Crippen MR) is 103 cm³/mol. The first-order valence-electron chi connectivity index (χ1n) is 8.70. The standard InChI is InChI=1S/C19H21N5OS/c1-14-11-18(24(21-14)15-7-4-3-5-8-15)26-17-9-6-10-23(19(17)25)16-12-20-22(2)13-16/h3-5,7-8,11-13,17H,6,9-10H2,1-2H3. The van der Waals surface area contributed by atoms with Gasteiger partial charge in [-0.15, -0.1) is 0 Å². The highest BCUT2D eigenvalue weighted by atomic mass is 32.2. The van der Waals surface area contributed by atoms with Crippen molar-refractivity contribution in [3.8, 4) is 5.69 Å². The first-order valence-corrected chi connectivity index (χ1v) is 9.58. The van der Waals surface area contributed by atoms with E-state index in [1.165, 1.54) is 0 Å². The van der Waals surface area contributed by atoms with Crippen LogP contribution in [0.5, 0.6) is 0 Å². The molecule has 26 heavy (non-hydrogen) atoms. The number of thioether (sulfide) groups is 1. The number of aryl methyl sites for hydroxylation is 2. The van der Waals surface area contributed by atoms with Crippen LogP contribution in [0.3, 0.4) is 0 Å². The first-order chi connectivity index (χ1) is 12.6. The van der Waals surface area contributed by atoms with Crippen molar-refractivity contribution in [3.05, 3.63) is 54.5 Å². The first kappa shape index (κ1) is 16.9. The van der Waals surface area contributed by atoms with Crippen LogP contribution < -0.4 is 4.90 Å². The summed E-state index contributed by atoms with van der Waals surface area (Å²) in [5.41, 5.74) is 2.83. The van der Waals surface area contributed by atoms with Gasteiger partial charge in [0, 0.05) is 19.8 Å². The van der Waals surface area contributed by atoms with E-state index in [1.807, 2.05) is 66.1 Å². The summed E-state index contributed by atoms with van der Waals surface area (Å²) in [6.45, 7) is 2.73. The second-order valence-electron chi connectivity index (χ2n) is 6.48. The Bertz CT molecular complexity index is 917. The zero-order valence-corrected chi connectivity index (χ0v) is 15.7. The Morgan fingerprint density at radius 3 is 2.73 bits per heavy atom. The Labute approximate surface area is 156 Å². The topological polar surface area (TPSA) is 56.0 Å². The van der Waals surface area contributed by atoms with E-state index in [1.54, 1.807) is 22.6 Å². The molecule has 2 aromatic heterocycles. The Morgan fingerprint density at radius 2 is 2.00 bits per heavy atom. The van der Waals surface area contributed by atoms with Gasteiger partial charge >= 0.3 is 0 Å². The number of benzene rings is 1. The van der Waals surface area contributed by atoms with E-state index in [2.05, 4.69) is 10.2 Å². The third kappa shape index (κ3) is 3.26. The normalized spacial score (nSPS) is 17.7. The van der Waals surface area contributed by atoms with E-state index in [4.69, 9.17) is 0 Å². The summed E-state index contributed by atoms with van der Waals surface area (Å²) in [6.07, 6.45) is 5.50. The fraction of sp³-hybridized carbons (Fsp3) is 0.316. The molecule has 3 heterocycles. The quantitative estimate of drug-likeness (QED) is 0.711. The molecule has 1 fully saturated rings. The van der Waals surface area contributed by atoms with Gasteiger partial charge in [0.15, 0.2) is 0 Å². The van der Waals surface area contributed by atoms with Crippen molar-refractivity contribution in [1.29, 1.82) is 0 Å². The molecule has 0 spiro atoms. The third-order valence-corrected chi connectivity index (χ3v) is 5.71. The van der Waals surface area contributed by atoms with Crippen LogP contribution in [0.1, 0.15) is 18.5 Å². The van der Waals surface area contributed by atoms with E-state index >= 15 is 0 Å². The fourth-order valence-corrected chi connectivity index (χ4v) is 4.50. The second-order valence-corrected chi connectivity index (χ2v) is 7.71. The molecule has 0 saturated carbocycles. The average Bonchev–Trinajstić information content (AvgIpc) is 3.23. The molecule has 3 aromatic rings. The number of carbonyl (C=O) groups excluding carboxylic acids is 1. The third-order valence-electron chi connectivity index (χ3n) is 4.46. The number of carbonyl (C=O) groups is 1. The number of hydrogen-bond acceptors (Lipinski definition) is 4. The predicted octanol–water partition coefficient (Wildman–Crippen LogP) is 3.20. The van der Waals surface area contributed by atoms with Crippen LogP contribution in [-0.2, 0) is 11.8 Å². The van der Waals surface area contributed by atoms with Gasteiger partial charge in [0.2, 0.25) is 5.91 Å². The summed E-state index contributed by atoms with van der Waals surface area (Å²) >= 11 is 1.60. The minimum absolute atomic E-state index is 0.109. The smallest absolute Gasteiger partial charge is 0.240 e. The van der Waals surface area contributed by atoms with Gasteiger partial charge in [0.25, 0.3) is 0 Å². The Morgan fingerprint density at radius 1 is 1.19 bits per heavy atom. The van der Waals surface area contributed by atoms with E-state index in [9.17, 15) is 4.79 Å². The number of aromatic nitrogens is 4. The number of nitrogens with zero attached hydrogens (tertiary/aromatic N) is 5. The summed E-state index contributed by atoms with van der Waals surface area (Å²) in [5.74, 6) is 0.146. The van der Waals surface area contributed by atoms with Crippen molar-refractivity contribution < 1.29 is 4.79 Å². The number of hydrogen-bond donors (Lipinski definition) is 0. The van der Waals surface area contributed by atoms with Gasteiger partial charge in [-0.1, -0.05) is 30.0 Å². The molecular formula is C19H21N5OS. The van der Waals surface area contributed by atoms with Gasteiger partial charge < -0.3 is 4.90 Å². The van der Waals surface area contributed by atoms with Crippen molar-refractivity contribution in [3.63, 3.8) is 0 Å². The van der Waals surface area contributed by atoms with Crippen LogP contribution in [0, 0.1) is 6.92 Å². The molecule has 4 rings (SSSR count). The highest BCUT2D eigenvalue weighted by Gasteiger charge is 2.32. The molecule has 1 atom stereocenters. The molecule has 1 saturated heterocycles. The summed E-state index contributed by atoms with van der Waals surface area (Å²) in [5, 5.41) is 9.70.